The Morgan fingerprint density at radius 1 is 1.44 bits per heavy atom. The normalized spacial score (nSPS) is 10.8. The van der Waals surface area contributed by atoms with Crippen molar-refractivity contribution in [3.05, 3.63) is 33.7 Å². The summed E-state index contributed by atoms with van der Waals surface area (Å²) in [7, 11) is 1.75. The maximum absolute atomic E-state index is 11.9. The van der Waals surface area contributed by atoms with Crippen molar-refractivity contribution in [2.45, 2.75) is 32.6 Å². The van der Waals surface area contributed by atoms with E-state index in [2.05, 4.69) is 0 Å². The Labute approximate surface area is 100 Å². The van der Waals surface area contributed by atoms with E-state index in [1.165, 1.54) is 0 Å². The van der Waals surface area contributed by atoms with Crippen LogP contribution in [0.4, 0.5) is 0 Å². The van der Waals surface area contributed by atoms with Crippen LogP contribution >= 0.6 is 11.6 Å². The maximum atomic E-state index is 11.9. The van der Waals surface area contributed by atoms with Crippen molar-refractivity contribution in [2.24, 2.45) is 7.05 Å². The molecule has 4 heteroatoms. The van der Waals surface area contributed by atoms with E-state index in [9.17, 15) is 9.59 Å². The number of pyridine rings is 1. The average Bonchev–Trinajstić information content (AvgIpc) is 2.19. The molecule has 0 saturated carbocycles. The lowest BCUT2D eigenvalue weighted by atomic mass is 10.1. The van der Waals surface area contributed by atoms with Crippen LogP contribution in [0.2, 0.25) is 0 Å². The molecule has 3 nitrogen and oxygen atoms in total. The first-order valence-electron chi connectivity index (χ1n) is 5.30. The van der Waals surface area contributed by atoms with Gasteiger partial charge in [0.05, 0.1) is 0 Å². The van der Waals surface area contributed by atoms with Crippen LogP contribution in [0.5, 0.6) is 0 Å². The molecular formula is C12H16ClNO2. The zero-order valence-electron chi connectivity index (χ0n) is 9.79. The molecule has 0 N–H and O–H groups in total. The third-order valence-corrected chi connectivity index (χ3v) is 2.79. The quantitative estimate of drug-likeness (QED) is 0.759. The first-order valence-corrected chi connectivity index (χ1v) is 5.68. The van der Waals surface area contributed by atoms with E-state index < -0.39 is 5.24 Å². The van der Waals surface area contributed by atoms with Gasteiger partial charge in [-0.05, 0) is 30.0 Å². The van der Waals surface area contributed by atoms with Crippen molar-refractivity contribution < 1.29 is 4.79 Å². The average molecular weight is 242 g/mol. The molecule has 16 heavy (non-hydrogen) atoms. The summed E-state index contributed by atoms with van der Waals surface area (Å²) in [4.78, 5) is 22.6. The zero-order valence-corrected chi connectivity index (χ0v) is 10.5. The minimum absolute atomic E-state index is 0.0379. The smallest absolute Gasteiger partial charge is 0.253 e. The van der Waals surface area contributed by atoms with E-state index in [0.29, 0.717) is 17.9 Å². The number of hydrogen-bond donors (Lipinski definition) is 0. The molecule has 0 spiro atoms. The van der Waals surface area contributed by atoms with E-state index in [1.807, 2.05) is 19.9 Å². The molecule has 88 valence electrons. The molecule has 1 aromatic heterocycles. The van der Waals surface area contributed by atoms with Gasteiger partial charge >= 0.3 is 0 Å². The summed E-state index contributed by atoms with van der Waals surface area (Å²) in [6.45, 7) is 4.08. The lowest BCUT2D eigenvalue weighted by Crippen LogP contribution is -2.24. The minimum Gasteiger partial charge on any atom is -0.315 e. The summed E-state index contributed by atoms with van der Waals surface area (Å²) in [6.07, 6.45) is 0.616. The molecule has 0 amide bonds. The van der Waals surface area contributed by atoms with Crippen LogP contribution in [0, 0.1) is 0 Å². The Bertz CT molecular complexity index is 449. The molecule has 0 aromatic carbocycles. The molecule has 0 saturated heterocycles. The number of rotatable bonds is 4. The number of halogens is 1. The fourth-order valence-electron chi connectivity index (χ4n) is 1.70. The highest BCUT2D eigenvalue weighted by molar-refractivity contribution is 6.63. The van der Waals surface area contributed by atoms with Crippen LogP contribution in [0.3, 0.4) is 0 Å². The number of aromatic nitrogens is 1. The number of carbonyl (C=O) groups excluding carboxylic acids is 1. The van der Waals surface area contributed by atoms with Crippen LogP contribution in [0.15, 0.2) is 16.9 Å². The highest BCUT2D eigenvalue weighted by Crippen LogP contribution is 2.12. The predicted octanol–water partition coefficient (Wildman–Crippen LogP) is 2.21. The van der Waals surface area contributed by atoms with Crippen molar-refractivity contribution >= 4 is 16.8 Å². The Kier molecular flexibility index (Phi) is 4.30. The molecule has 0 bridgehead atoms. The van der Waals surface area contributed by atoms with Crippen molar-refractivity contribution in [2.75, 3.05) is 0 Å². The fraction of sp³-hybridized carbons (Fsp3) is 0.500. The van der Waals surface area contributed by atoms with Gasteiger partial charge in [0.25, 0.3) is 5.56 Å². The molecule has 0 aliphatic heterocycles. The molecule has 0 aliphatic carbocycles. The summed E-state index contributed by atoms with van der Waals surface area (Å²) in [5.74, 6) is 0.307. The molecule has 0 atom stereocenters. The minimum atomic E-state index is -0.407. The van der Waals surface area contributed by atoms with E-state index in [4.69, 9.17) is 11.6 Å². The number of nitrogens with zero attached hydrogens (tertiary/aromatic N) is 1. The van der Waals surface area contributed by atoms with Gasteiger partial charge in [-0.1, -0.05) is 19.9 Å². The van der Waals surface area contributed by atoms with Crippen molar-refractivity contribution in [1.82, 2.24) is 4.57 Å². The molecule has 0 unspecified atom stereocenters. The Morgan fingerprint density at radius 2 is 2.06 bits per heavy atom. The van der Waals surface area contributed by atoms with Gasteiger partial charge in [-0.3, -0.25) is 9.59 Å². The van der Waals surface area contributed by atoms with Crippen LogP contribution in [0.1, 0.15) is 37.4 Å². The number of carbonyl (C=O) groups is 1. The Hall–Kier alpha value is -1.09. The fourth-order valence-corrected chi connectivity index (χ4v) is 1.80. The van der Waals surface area contributed by atoms with Crippen LogP contribution in [-0.4, -0.2) is 9.81 Å². The van der Waals surface area contributed by atoms with Crippen LogP contribution in [0.25, 0.3) is 0 Å². The molecule has 0 aliphatic rings. The van der Waals surface area contributed by atoms with E-state index in [-0.39, 0.29) is 12.0 Å². The zero-order chi connectivity index (χ0) is 12.3. The van der Waals surface area contributed by atoms with Crippen LogP contribution < -0.4 is 5.56 Å². The molecule has 1 rings (SSSR count). The molecule has 0 fully saturated rings. The predicted molar refractivity (Wildman–Crippen MR) is 65.0 cm³/mol. The highest BCUT2D eigenvalue weighted by atomic mass is 35.5. The van der Waals surface area contributed by atoms with Gasteiger partial charge in [0, 0.05) is 24.7 Å². The van der Waals surface area contributed by atoms with Crippen molar-refractivity contribution in [1.29, 1.82) is 0 Å². The summed E-state index contributed by atoms with van der Waals surface area (Å²) in [5.41, 5.74) is 1.59. The summed E-state index contributed by atoms with van der Waals surface area (Å²) < 4.78 is 1.64. The van der Waals surface area contributed by atoms with Gasteiger partial charge in [-0.2, -0.15) is 0 Å². The van der Waals surface area contributed by atoms with E-state index >= 15 is 0 Å². The van der Waals surface area contributed by atoms with E-state index in [0.717, 1.165) is 5.69 Å². The van der Waals surface area contributed by atoms with Gasteiger partial charge in [0.2, 0.25) is 5.24 Å². The summed E-state index contributed by atoms with van der Waals surface area (Å²) in [6, 6.07) is 3.72. The van der Waals surface area contributed by atoms with Crippen molar-refractivity contribution in [3.63, 3.8) is 0 Å². The second-order valence-electron chi connectivity index (χ2n) is 4.16. The molecular weight excluding hydrogens is 226 g/mol. The summed E-state index contributed by atoms with van der Waals surface area (Å²) in [5, 5.41) is -0.407. The standard InChI is InChI=1S/C12H16ClNO2/c1-8(2)10-6-4-9(5-7-11(13)15)12(16)14(10)3/h4,6,8H,5,7H2,1-3H3. The van der Waals surface area contributed by atoms with Crippen molar-refractivity contribution in [3.8, 4) is 0 Å². The summed E-state index contributed by atoms with van der Waals surface area (Å²) >= 11 is 5.25. The second-order valence-corrected chi connectivity index (χ2v) is 4.58. The molecule has 0 radical (unpaired) electrons. The van der Waals surface area contributed by atoms with Gasteiger partial charge < -0.3 is 4.57 Å². The monoisotopic (exact) mass is 241 g/mol. The second kappa shape index (κ2) is 5.30. The lowest BCUT2D eigenvalue weighted by Gasteiger charge is -2.12. The first-order chi connectivity index (χ1) is 7.43. The van der Waals surface area contributed by atoms with Gasteiger partial charge in [-0.25, -0.2) is 0 Å². The van der Waals surface area contributed by atoms with Gasteiger partial charge in [-0.15, -0.1) is 0 Å². The third-order valence-electron chi connectivity index (χ3n) is 2.60. The third kappa shape index (κ3) is 2.95. The first kappa shape index (κ1) is 13.0. The lowest BCUT2D eigenvalue weighted by molar-refractivity contribution is -0.111. The molecule has 1 aromatic rings. The van der Waals surface area contributed by atoms with Gasteiger partial charge in [0.15, 0.2) is 0 Å². The Balaban J connectivity index is 3.03. The number of hydrogen-bond acceptors (Lipinski definition) is 2. The maximum Gasteiger partial charge on any atom is 0.253 e. The van der Waals surface area contributed by atoms with Crippen LogP contribution in [-0.2, 0) is 18.3 Å². The SMILES string of the molecule is CC(C)c1ccc(CCC(=O)Cl)c(=O)n1C. The molecule has 1 heterocycles. The Morgan fingerprint density at radius 3 is 2.56 bits per heavy atom. The number of aryl methyl sites for hydroxylation is 1. The highest BCUT2D eigenvalue weighted by Gasteiger charge is 2.09. The van der Waals surface area contributed by atoms with Gasteiger partial charge in [0.1, 0.15) is 0 Å². The topological polar surface area (TPSA) is 39.1 Å². The van der Waals surface area contributed by atoms with E-state index in [1.54, 1.807) is 17.7 Å². The largest absolute Gasteiger partial charge is 0.315 e.